The van der Waals surface area contributed by atoms with Gasteiger partial charge in [0.25, 0.3) is 0 Å². The normalized spacial score (nSPS) is 13.5. The van der Waals surface area contributed by atoms with Crippen LogP contribution in [0, 0.1) is 0 Å². The molecule has 96 valence electrons. The average molecular weight is 249 g/mol. The second-order valence-corrected chi connectivity index (χ2v) is 3.63. The van der Waals surface area contributed by atoms with E-state index >= 15 is 0 Å². The molecule has 0 heterocycles. The lowest BCUT2D eigenvalue weighted by molar-refractivity contribution is -0.137. The van der Waals surface area contributed by atoms with Crippen molar-refractivity contribution in [2.24, 2.45) is 0 Å². The maximum Gasteiger partial charge on any atom is 0.418 e. The van der Waals surface area contributed by atoms with E-state index in [0.717, 1.165) is 6.07 Å². The van der Waals surface area contributed by atoms with Gasteiger partial charge in [0.15, 0.2) is 0 Å². The highest BCUT2D eigenvalue weighted by molar-refractivity contribution is 5.52. The van der Waals surface area contributed by atoms with E-state index in [1.807, 2.05) is 0 Å². The van der Waals surface area contributed by atoms with Crippen molar-refractivity contribution in [1.29, 1.82) is 0 Å². The molecular weight excluding hydrogens is 235 g/mol. The highest BCUT2D eigenvalue weighted by Crippen LogP contribution is 2.35. The van der Waals surface area contributed by atoms with Gasteiger partial charge in [0.2, 0.25) is 0 Å². The van der Waals surface area contributed by atoms with Crippen LogP contribution in [-0.2, 0) is 10.9 Å². The Balaban J connectivity index is 2.89. The molecule has 0 aromatic heterocycles. The fourth-order valence-electron chi connectivity index (χ4n) is 1.36. The minimum absolute atomic E-state index is 0.121. The Morgan fingerprint density at radius 2 is 2.00 bits per heavy atom. The molecule has 0 amide bonds. The summed E-state index contributed by atoms with van der Waals surface area (Å²) >= 11 is 0. The van der Waals surface area contributed by atoms with Gasteiger partial charge in [-0.3, -0.25) is 0 Å². The van der Waals surface area contributed by atoms with Gasteiger partial charge in [0.1, 0.15) is 11.9 Å². The second kappa shape index (κ2) is 5.27. The zero-order valence-corrected chi connectivity index (χ0v) is 9.54. The van der Waals surface area contributed by atoms with E-state index in [1.165, 1.54) is 19.2 Å². The van der Waals surface area contributed by atoms with Crippen LogP contribution in [0.5, 0.6) is 5.75 Å². The molecule has 1 aromatic rings. The SMILES string of the molecule is COCC(C)Oc1ccc(N)c(C(F)(F)F)c1. The van der Waals surface area contributed by atoms with Crippen molar-refractivity contribution in [3.63, 3.8) is 0 Å². The zero-order valence-electron chi connectivity index (χ0n) is 9.54. The first-order chi connectivity index (χ1) is 7.84. The largest absolute Gasteiger partial charge is 0.488 e. The van der Waals surface area contributed by atoms with Gasteiger partial charge < -0.3 is 15.2 Å². The molecule has 17 heavy (non-hydrogen) atoms. The van der Waals surface area contributed by atoms with Crippen LogP contribution in [0.25, 0.3) is 0 Å². The third kappa shape index (κ3) is 3.81. The van der Waals surface area contributed by atoms with Crippen LogP contribution in [0.15, 0.2) is 18.2 Å². The Labute approximate surface area is 97.3 Å². The Hall–Kier alpha value is -1.43. The predicted molar refractivity (Wildman–Crippen MR) is 57.8 cm³/mol. The van der Waals surface area contributed by atoms with Gasteiger partial charge in [-0.2, -0.15) is 13.2 Å². The average Bonchev–Trinajstić information content (AvgIpc) is 2.19. The van der Waals surface area contributed by atoms with E-state index in [9.17, 15) is 13.2 Å². The number of hydrogen-bond donors (Lipinski definition) is 1. The van der Waals surface area contributed by atoms with Crippen molar-refractivity contribution in [3.8, 4) is 5.75 Å². The Kier molecular flexibility index (Phi) is 4.22. The van der Waals surface area contributed by atoms with E-state index in [0.29, 0.717) is 6.61 Å². The highest BCUT2D eigenvalue weighted by atomic mass is 19.4. The standard InChI is InChI=1S/C11H14F3NO2/c1-7(6-16-2)17-8-3-4-10(15)9(5-8)11(12,13)14/h3-5,7H,6,15H2,1-2H3. The lowest BCUT2D eigenvalue weighted by Crippen LogP contribution is -2.18. The smallest absolute Gasteiger partial charge is 0.418 e. The van der Waals surface area contributed by atoms with Crippen LogP contribution >= 0.6 is 0 Å². The molecule has 0 aliphatic carbocycles. The first kappa shape index (κ1) is 13.6. The summed E-state index contributed by atoms with van der Waals surface area (Å²) in [6.45, 7) is 2.00. The third-order valence-corrected chi connectivity index (χ3v) is 2.07. The molecule has 0 saturated heterocycles. The molecule has 1 rings (SSSR count). The number of nitrogen functional groups attached to an aromatic ring is 1. The van der Waals surface area contributed by atoms with Crippen LogP contribution in [0.2, 0.25) is 0 Å². The number of hydrogen-bond acceptors (Lipinski definition) is 3. The molecule has 6 heteroatoms. The fourth-order valence-corrected chi connectivity index (χ4v) is 1.36. The first-order valence-electron chi connectivity index (χ1n) is 4.97. The minimum atomic E-state index is -4.48. The van der Waals surface area contributed by atoms with Gasteiger partial charge in [-0.1, -0.05) is 0 Å². The Morgan fingerprint density at radius 1 is 1.35 bits per heavy atom. The number of alkyl halides is 3. The maximum atomic E-state index is 12.6. The molecule has 3 nitrogen and oxygen atoms in total. The van der Waals surface area contributed by atoms with Gasteiger partial charge in [-0.05, 0) is 25.1 Å². The molecule has 1 atom stereocenters. The molecule has 0 radical (unpaired) electrons. The maximum absolute atomic E-state index is 12.6. The first-order valence-corrected chi connectivity index (χ1v) is 4.97. The lowest BCUT2D eigenvalue weighted by Gasteiger charge is -2.16. The summed E-state index contributed by atoms with van der Waals surface area (Å²) in [4.78, 5) is 0. The van der Waals surface area contributed by atoms with Crippen LogP contribution in [-0.4, -0.2) is 19.8 Å². The highest BCUT2D eigenvalue weighted by Gasteiger charge is 2.33. The van der Waals surface area contributed by atoms with Crippen molar-refractivity contribution < 1.29 is 22.6 Å². The van der Waals surface area contributed by atoms with Gasteiger partial charge in [0, 0.05) is 12.8 Å². The molecule has 0 aliphatic rings. The summed E-state index contributed by atoms with van der Waals surface area (Å²) in [6, 6.07) is 3.47. The van der Waals surface area contributed by atoms with E-state index < -0.39 is 11.7 Å². The van der Waals surface area contributed by atoms with E-state index in [2.05, 4.69) is 0 Å². The third-order valence-electron chi connectivity index (χ3n) is 2.07. The number of rotatable bonds is 4. The number of anilines is 1. The number of ether oxygens (including phenoxy) is 2. The van der Waals surface area contributed by atoms with Crippen LogP contribution in [0.3, 0.4) is 0 Å². The number of benzene rings is 1. The van der Waals surface area contributed by atoms with Crippen molar-refractivity contribution in [2.75, 3.05) is 19.5 Å². The molecule has 0 aliphatic heterocycles. The van der Waals surface area contributed by atoms with Crippen molar-refractivity contribution >= 4 is 5.69 Å². The summed E-state index contributed by atoms with van der Waals surface area (Å²) in [5.74, 6) is 0.121. The van der Waals surface area contributed by atoms with Crippen LogP contribution < -0.4 is 10.5 Å². The molecule has 2 N–H and O–H groups in total. The number of nitrogens with two attached hydrogens (primary N) is 1. The lowest BCUT2D eigenvalue weighted by atomic mass is 10.1. The summed E-state index contributed by atoms with van der Waals surface area (Å²) in [5, 5.41) is 0. The van der Waals surface area contributed by atoms with E-state index in [1.54, 1.807) is 6.92 Å². The molecule has 1 aromatic carbocycles. The quantitative estimate of drug-likeness (QED) is 0.834. The molecule has 0 spiro atoms. The Bertz CT molecular complexity index is 379. The summed E-state index contributed by atoms with van der Waals surface area (Å²) in [7, 11) is 1.49. The molecule has 1 unspecified atom stereocenters. The monoisotopic (exact) mass is 249 g/mol. The van der Waals surface area contributed by atoms with Crippen LogP contribution in [0.4, 0.5) is 18.9 Å². The van der Waals surface area contributed by atoms with E-state index in [4.69, 9.17) is 15.2 Å². The van der Waals surface area contributed by atoms with E-state index in [-0.39, 0.29) is 17.5 Å². The molecule has 0 bridgehead atoms. The predicted octanol–water partition coefficient (Wildman–Crippen LogP) is 2.70. The van der Waals surface area contributed by atoms with Gasteiger partial charge in [0.05, 0.1) is 12.2 Å². The van der Waals surface area contributed by atoms with Crippen molar-refractivity contribution in [3.05, 3.63) is 23.8 Å². The van der Waals surface area contributed by atoms with Crippen LogP contribution in [0.1, 0.15) is 12.5 Å². The van der Waals surface area contributed by atoms with Crippen molar-refractivity contribution in [1.82, 2.24) is 0 Å². The Morgan fingerprint density at radius 3 is 2.53 bits per heavy atom. The summed E-state index contributed by atoms with van der Waals surface area (Å²) in [5.41, 5.74) is 4.06. The number of halogens is 3. The summed E-state index contributed by atoms with van der Waals surface area (Å²) in [6.07, 6.45) is -4.81. The topological polar surface area (TPSA) is 44.5 Å². The fraction of sp³-hybridized carbons (Fsp3) is 0.455. The van der Waals surface area contributed by atoms with Gasteiger partial charge in [-0.25, -0.2) is 0 Å². The zero-order chi connectivity index (χ0) is 13.1. The molecule has 0 saturated carbocycles. The second-order valence-electron chi connectivity index (χ2n) is 3.63. The minimum Gasteiger partial charge on any atom is -0.488 e. The summed E-state index contributed by atoms with van der Waals surface area (Å²) < 4.78 is 47.8. The molecule has 0 fully saturated rings. The van der Waals surface area contributed by atoms with Gasteiger partial charge in [-0.15, -0.1) is 0 Å². The van der Waals surface area contributed by atoms with Gasteiger partial charge >= 0.3 is 6.18 Å². The van der Waals surface area contributed by atoms with Crippen molar-refractivity contribution in [2.45, 2.75) is 19.2 Å². The molecular formula is C11H14F3NO2. The number of methoxy groups -OCH3 is 1.